The molecule has 0 N–H and O–H groups in total. The fourth-order valence-electron chi connectivity index (χ4n) is 1.18. The summed E-state index contributed by atoms with van der Waals surface area (Å²) in [5.74, 6) is 26.9. The first kappa shape index (κ1) is 14.8. The van der Waals surface area contributed by atoms with Crippen LogP contribution in [0.25, 0.3) is 0 Å². The molecule has 0 aliphatic carbocycles. The van der Waals surface area contributed by atoms with Gasteiger partial charge in [-0.15, -0.1) is 0 Å². The fraction of sp³-hybridized carbons (Fsp3) is 0.167. The van der Waals surface area contributed by atoms with Gasteiger partial charge in [-0.05, 0) is 60.4 Å². The number of nitrogens with zero attached hydrogens (tertiary/aromatic N) is 1. The number of methoxy groups -OCH3 is 1. The molecule has 0 aliphatic rings. The molecule has 0 amide bonds. The van der Waals surface area contributed by atoms with E-state index >= 15 is 0 Å². The van der Waals surface area contributed by atoms with Gasteiger partial charge in [-0.3, -0.25) is 0 Å². The van der Waals surface area contributed by atoms with Gasteiger partial charge in [0, 0.05) is 18.2 Å². The molecule has 0 atom stereocenters. The van der Waals surface area contributed by atoms with Crippen molar-refractivity contribution in [2.45, 2.75) is 13.3 Å². The molecule has 0 aliphatic heterocycles. The Hall–Kier alpha value is -3.25. The van der Waals surface area contributed by atoms with Gasteiger partial charge < -0.3 is 4.74 Å². The second kappa shape index (κ2) is 9.75. The zero-order chi connectivity index (χ0) is 14.5. The van der Waals surface area contributed by atoms with E-state index in [1.807, 2.05) is 12.1 Å². The van der Waals surface area contributed by atoms with Crippen LogP contribution in [0.15, 0.2) is 18.3 Å². The van der Waals surface area contributed by atoms with E-state index in [4.69, 9.17) is 4.74 Å². The SMILES string of the molecule is CC#CC#CC#CC#CC#CCc1cccnc1OC. The molecule has 0 fully saturated rings. The molecule has 94 valence electrons. The Morgan fingerprint density at radius 2 is 1.65 bits per heavy atom. The minimum atomic E-state index is 0.533. The lowest BCUT2D eigenvalue weighted by molar-refractivity contribution is 0.394. The predicted molar refractivity (Wildman–Crippen MR) is 79.0 cm³/mol. The van der Waals surface area contributed by atoms with Crippen molar-refractivity contribution < 1.29 is 4.74 Å². The molecule has 0 aromatic carbocycles. The smallest absolute Gasteiger partial charge is 0.217 e. The van der Waals surface area contributed by atoms with Crippen molar-refractivity contribution in [1.82, 2.24) is 4.98 Å². The zero-order valence-electron chi connectivity index (χ0n) is 11.3. The Morgan fingerprint density at radius 3 is 2.30 bits per heavy atom. The monoisotopic (exact) mass is 257 g/mol. The lowest BCUT2D eigenvalue weighted by atomic mass is 10.2. The number of hydrogen-bond donors (Lipinski definition) is 0. The predicted octanol–water partition coefficient (Wildman–Crippen LogP) is 1.67. The topological polar surface area (TPSA) is 22.1 Å². The van der Waals surface area contributed by atoms with Crippen LogP contribution in [-0.4, -0.2) is 12.1 Å². The van der Waals surface area contributed by atoms with Gasteiger partial charge >= 0.3 is 0 Å². The quantitative estimate of drug-likeness (QED) is 0.752. The third-order valence-corrected chi connectivity index (χ3v) is 1.97. The molecule has 1 rings (SSSR count). The Morgan fingerprint density at radius 1 is 1.00 bits per heavy atom. The van der Waals surface area contributed by atoms with Gasteiger partial charge in [0.1, 0.15) is 0 Å². The normalized spacial score (nSPS) is 6.70. The largest absolute Gasteiger partial charge is 0.481 e. The zero-order valence-corrected chi connectivity index (χ0v) is 11.3. The summed E-state index contributed by atoms with van der Waals surface area (Å²) < 4.78 is 5.12. The van der Waals surface area contributed by atoms with Gasteiger partial charge in [0.2, 0.25) is 5.88 Å². The molecule has 2 nitrogen and oxygen atoms in total. The van der Waals surface area contributed by atoms with Crippen molar-refractivity contribution in [2.24, 2.45) is 0 Å². The third kappa shape index (κ3) is 5.89. The van der Waals surface area contributed by atoms with E-state index < -0.39 is 0 Å². The van der Waals surface area contributed by atoms with Crippen LogP contribution in [0, 0.1) is 59.2 Å². The van der Waals surface area contributed by atoms with E-state index in [9.17, 15) is 0 Å². The molecule has 0 spiro atoms. The van der Waals surface area contributed by atoms with E-state index in [0.29, 0.717) is 12.3 Å². The molecule has 1 heterocycles. The van der Waals surface area contributed by atoms with Gasteiger partial charge in [0.05, 0.1) is 7.11 Å². The highest BCUT2D eigenvalue weighted by Crippen LogP contribution is 2.13. The van der Waals surface area contributed by atoms with Gasteiger partial charge in [0.25, 0.3) is 0 Å². The highest BCUT2D eigenvalue weighted by atomic mass is 16.5. The van der Waals surface area contributed by atoms with Crippen LogP contribution in [0.4, 0.5) is 0 Å². The Kier molecular flexibility index (Phi) is 7.22. The molecule has 0 bridgehead atoms. The van der Waals surface area contributed by atoms with Crippen molar-refractivity contribution in [3.8, 4) is 65.1 Å². The molecule has 0 saturated heterocycles. The lowest BCUT2D eigenvalue weighted by Gasteiger charge is -2.02. The van der Waals surface area contributed by atoms with Crippen LogP contribution in [0.3, 0.4) is 0 Å². The molecule has 2 heteroatoms. The first-order valence-corrected chi connectivity index (χ1v) is 5.76. The maximum Gasteiger partial charge on any atom is 0.217 e. The van der Waals surface area contributed by atoms with Gasteiger partial charge in [-0.1, -0.05) is 17.9 Å². The summed E-state index contributed by atoms with van der Waals surface area (Å²) in [4.78, 5) is 4.09. The minimum Gasteiger partial charge on any atom is -0.481 e. The molecule has 20 heavy (non-hydrogen) atoms. The number of rotatable bonds is 2. The van der Waals surface area contributed by atoms with Crippen LogP contribution in [0.5, 0.6) is 5.88 Å². The van der Waals surface area contributed by atoms with Crippen molar-refractivity contribution >= 4 is 0 Å². The standard InChI is InChI=1S/C18H11NO/c1-3-4-5-6-7-8-9-10-11-12-14-17-15-13-16-19-18(17)20-2/h13,15-16H,14H2,1-2H3. The second-order valence-electron chi connectivity index (χ2n) is 3.28. The molecular weight excluding hydrogens is 246 g/mol. The summed E-state index contributed by atoms with van der Waals surface area (Å²) in [6, 6.07) is 3.76. The van der Waals surface area contributed by atoms with Gasteiger partial charge in [0.15, 0.2) is 0 Å². The average Bonchev–Trinajstić information content (AvgIpc) is 2.49. The summed E-state index contributed by atoms with van der Waals surface area (Å²) in [6.07, 6.45) is 2.21. The van der Waals surface area contributed by atoms with Crippen molar-refractivity contribution in [3.63, 3.8) is 0 Å². The van der Waals surface area contributed by atoms with Crippen LogP contribution in [0.2, 0.25) is 0 Å². The Labute approximate surface area is 120 Å². The van der Waals surface area contributed by atoms with Crippen LogP contribution >= 0.6 is 0 Å². The summed E-state index contributed by atoms with van der Waals surface area (Å²) in [5, 5.41) is 0. The minimum absolute atomic E-state index is 0.533. The van der Waals surface area contributed by atoms with E-state index in [2.05, 4.69) is 64.2 Å². The molecule has 0 radical (unpaired) electrons. The third-order valence-electron chi connectivity index (χ3n) is 1.97. The van der Waals surface area contributed by atoms with Gasteiger partial charge in [-0.25, -0.2) is 4.98 Å². The molecular formula is C18H11NO. The van der Waals surface area contributed by atoms with Crippen molar-refractivity contribution in [2.75, 3.05) is 7.11 Å². The first-order chi connectivity index (χ1) is 9.88. The molecule has 0 saturated carbocycles. The van der Waals surface area contributed by atoms with Crippen molar-refractivity contribution in [1.29, 1.82) is 0 Å². The highest BCUT2D eigenvalue weighted by Gasteiger charge is 1.99. The summed E-state index contributed by atoms with van der Waals surface area (Å²) in [5.41, 5.74) is 0.930. The number of hydrogen-bond acceptors (Lipinski definition) is 2. The number of ether oxygens (including phenoxy) is 1. The Bertz CT molecular complexity index is 763. The molecule has 1 aromatic rings. The maximum absolute atomic E-state index is 5.12. The van der Waals surface area contributed by atoms with Crippen LogP contribution in [-0.2, 0) is 6.42 Å². The van der Waals surface area contributed by atoms with Crippen LogP contribution in [0.1, 0.15) is 12.5 Å². The number of aromatic nitrogens is 1. The Balaban J connectivity index is 2.56. The average molecular weight is 257 g/mol. The molecule has 0 unspecified atom stereocenters. The lowest BCUT2D eigenvalue weighted by Crippen LogP contribution is -1.93. The molecule has 1 aromatic heterocycles. The first-order valence-electron chi connectivity index (χ1n) is 5.76. The maximum atomic E-state index is 5.12. The van der Waals surface area contributed by atoms with E-state index in [-0.39, 0.29) is 0 Å². The van der Waals surface area contributed by atoms with Crippen molar-refractivity contribution in [3.05, 3.63) is 23.9 Å². The van der Waals surface area contributed by atoms with Gasteiger partial charge in [-0.2, -0.15) is 0 Å². The highest BCUT2D eigenvalue weighted by molar-refractivity contribution is 5.43. The summed E-state index contributed by atoms with van der Waals surface area (Å²) >= 11 is 0. The van der Waals surface area contributed by atoms with Crippen LogP contribution < -0.4 is 4.74 Å². The van der Waals surface area contributed by atoms with E-state index in [1.54, 1.807) is 20.2 Å². The number of pyridine rings is 1. The van der Waals surface area contributed by atoms with E-state index in [0.717, 1.165) is 5.56 Å². The summed E-state index contributed by atoms with van der Waals surface area (Å²) in [7, 11) is 1.58. The fourth-order valence-corrected chi connectivity index (χ4v) is 1.18. The second-order valence-corrected chi connectivity index (χ2v) is 3.28. The van der Waals surface area contributed by atoms with E-state index in [1.165, 1.54) is 0 Å². The summed E-state index contributed by atoms with van der Waals surface area (Å²) in [6.45, 7) is 1.72.